The summed E-state index contributed by atoms with van der Waals surface area (Å²) in [6.45, 7) is 5.59. The van der Waals surface area contributed by atoms with E-state index >= 15 is 0 Å². The lowest BCUT2D eigenvalue weighted by molar-refractivity contribution is -0.148. The van der Waals surface area contributed by atoms with E-state index in [9.17, 15) is 4.79 Å². The molecule has 1 heterocycles. The van der Waals surface area contributed by atoms with Crippen molar-refractivity contribution in [3.05, 3.63) is 27.5 Å². The number of carbonyl (C=O) groups is 1. The van der Waals surface area contributed by atoms with Crippen molar-refractivity contribution < 1.29 is 9.53 Å². The maximum Gasteiger partial charge on any atom is 0.331 e. The van der Waals surface area contributed by atoms with Crippen molar-refractivity contribution in [3.63, 3.8) is 0 Å². The van der Waals surface area contributed by atoms with Crippen molar-refractivity contribution in [2.24, 2.45) is 0 Å². The molecule has 0 N–H and O–H groups in total. The zero-order valence-electron chi connectivity index (χ0n) is 13.5. The number of rotatable bonds is 8. The van der Waals surface area contributed by atoms with Crippen molar-refractivity contribution in [3.8, 4) is 0 Å². The van der Waals surface area contributed by atoms with Crippen molar-refractivity contribution in [1.29, 1.82) is 0 Å². The van der Waals surface area contributed by atoms with E-state index in [0.717, 1.165) is 31.2 Å². The third-order valence-electron chi connectivity index (χ3n) is 2.90. The summed E-state index contributed by atoms with van der Waals surface area (Å²) in [6.07, 6.45) is 7.11. The zero-order chi connectivity index (χ0) is 16.6. The summed E-state index contributed by atoms with van der Waals surface area (Å²) in [5.74, 6) is 0.969. The monoisotopic (exact) mass is 362 g/mol. The summed E-state index contributed by atoms with van der Waals surface area (Å²) in [5, 5.41) is 2.16. The number of carbonyl (C=O) groups excluding carboxylic acids is 1. The lowest BCUT2D eigenvalue weighted by Gasteiger charge is -2.17. The van der Waals surface area contributed by atoms with Gasteiger partial charge in [0.1, 0.15) is 5.60 Å². The molecule has 0 fully saturated rings. The molecule has 0 atom stereocenters. The number of alkyl halides is 2. The van der Waals surface area contributed by atoms with Gasteiger partial charge in [-0.2, -0.15) is 0 Å². The first-order valence-corrected chi connectivity index (χ1v) is 9.44. The highest BCUT2D eigenvalue weighted by atomic mass is 35.5. The molecule has 22 heavy (non-hydrogen) atoms. The second-order valence-corrected chi connectivity index (χ2v) is 7.77. The predicted octanol–water partition coefficient (Wildman–Crippen LogP) is 5.45. The molecule has 1 aromatic rings. The SMILES string of the molecule is CC(C)(C)OC(=O)/C=C/c1c(CCCCl)csc1CCCCl. The van der Waals surface area contributed by atoms with Crippen LogP contribution < -0.4 is 0 Å². The van der Waals surface area contributed by atoms with E-state index < -0.39 is 5.60 Å². The second kappa shape index (κ2) is 9.59. The van der Waals surface area contributed by atoms with Crippen LogP contribution in [0.3, 0.4) is 0 Å². The lowest BCUT2D eigenvalue weighted by Crippen LogP contribution is -2.22. The standard InChI is InChI=1S/C17H24Cl2O2S/c1-17(2,3)21-16(20)9-8-14-13(6-4-10-18)12-22-15(14)7-5-11-19/h8-9,12H,4-7,10-11H2,1-3H3/b9-8+. The molecule has 0 amide bonds. The van der Waals surface area contributed by atoms with E-state index in [-0.39, 0.29) is 5.97 Å². The molecule has 1 aromatic heterocycles. The largest absolute Gasteiger partial charge is 0.457 e. The first-order chi connectivity index (χ1) is 10.4. The molecule has 0 radical (unpaired) electrons. The van der Waals surface area contributed by atoms with Gasteiger partial charge >= 0.3 is 5.97 Å². The number of hydrogen-bond acceptors (Lipinski definition) is 3. The van der Waals surface area contributed by atoms with Crippen LogP contribution in [0.2, 0.25) is 0 Å². The van der Waals surface area contributed by atoms with Crippen LogP contribution in [0.15, 0.2) is 11.5 Å². The molecule has 0 spiro atoms. The topological polar surface area (TPSA) is 26.3 Å². The third kappa shape index (κ3) is 7.17. The molecule has 0 aliphatic carbocycles. The van der Waals surface area contributed by atoms with Crippen LogP contribution in [-0.4, -0.2) is 23.3 Å². The fraction of sp³-hybridized carbons (Fsp3) is 0.588. The zero-order valence-corrected chi connectivity index (χ0v) is 15.8. The van der Waals surface area contributed by atoms with Crippen molar-refractivity contribution in [1.82, 2.24) is 0 Å². The number of halogens is 2. The highest BCUT2D eigenvalue weighted by molar-refractivity contribution is 7.10. The van der Waals surface area contributed by atoms with Gasteiger partial charge in [0.25, 0.3) is 0 Å². The second-order valence-electron chi connectivity index (χ2n) is 6.05. The summed E-state index contributed by atoms with van der Waals surface area (Å²) in [6, 6.07) is 0. The van der Waals surface area contributed by atoms with Gasteiger partial charge in [-0.05, 0) is 69.0 Å². The van der Waals surface area contributed by atoms with Gasteiger partial charge in [-0.1, -0.05) is 0 Å². The number of thiophene rings is 1. The smallest absolute Gasteiger partial charge is 0.331 e. The predicted molar refractivity (Wildman–Crippen MR) is 97.3 cm³/mol. The van der Waals surface area contributed by atoms with Crippen LogP contribution in [0.25, 0.3) is 6.08 Å². The van der Waals surface area contributed by atoms with E-state index in [1.165, 1.54) is 16.5 Å². The van der Waals surface area contributed by atoms with Crippen molar-refractivity contribution in [2.75, 3.05) is 11.8 Å². The summed E-state index contributed by atoms with van der Waals surface area (Å²) in [4.78, 5) is 13.1. The molecule has 0 aromatic carbocycles. The average molecular weight is 363 g/mol. The molecule has 0 saturated carbocycles. The highest BCUT2D eigenvalue weighted by Gasteiger charge is 2.15. The van der Waals surface area contributed by atoms with Gasteiger partial charge in [0.05, 0.1) is 0 Å². The van der Waals surface area contributed by atoms with Gasteiger partial charge in [-0.15, -0.1) is 34.5 Å². The van der Waals surface area contributed by atoms with Gasteiger partial charge < -0.3 is 4.74 Å². The number of aryl methyl sites for hydroxylation is 2. The van der Waals surface area contributed by atoms with E-state index in [1.54, 1.807) is 11.3 Å². The van der Waals surface area contributed by atoms with Crippen LogP contribution in [0, 0.1) is 0 Å². The Kier molecular flexibility index (Phi) is 8.52. The Morgan fingerprint density at radius 2 is 1.86 bits per heavy atom. The first kappa shape index (κ1) is 19.5. The summed E-state index contributed by atoms with van der Waals surface area (Å²) < 4.78 is 5.31. The molecule has 0 saturated heterocycles. The number of hydrogen-bond donors (Lipinski definition) is 0. The van der Waals surface area contributed by atoms with Crippen LogP contribution in [-0.2, 0) is 22.4 Å². The third-order valence-corrected chi connectivity index (χ3v) is 4.55. The van der Waals surface area contributed by atoms with Gasteiger partial charge in [-0.25, -0.2) is 4.79 Å². The van der Waals surface area contributed by atoms with Crippen LogP contribution in [0.1, 0.15) is 49.6 Å². The van der Waals surface area contributed by atoms with E-state index in [4.69, 9.17) is 27.9 Å². The van der Waals surface area contributed by atoms with Crippen molar-refractivity contribution >= 4 is 46.6 Å². The summed E-state index contributed by atoms with van der Waals surface area (Å²) >= 11 is 13.3. The molecule has 2 nitrogen and oxygen atoms in total. The van der Waals surface area contributed by atoms with Crippen molar-refractivity contribution in [2.45, 2.75) is 52.1 Å². The normalized spacial score (nSPS) is 12.0. The Morgan fingerprint density at radius 3 is 2.45 bits per heavy atom. The number of esters is 1. The lowest BCUT2D eigenvalue weighted by atomic mass is 10.0. The minimum Gasteiger partial charge on any atom is -0.457 e. The van der Waals surface area contributed by atoms with Gasteiger partial charge in [0.2, 0.25) is 0 Å². The Labute approximate surface area is 147 Å². The molecule has 1 rings (SSSR count). The Hall–Kier alpha value is -0.510. The van der Waals surface area contributed by atoms with Gasteiger partial charge in [0.15, 0.2) is 0 Å². The van der Waals surface area contributed by atoms with Crippen LogP contribution >= 0.6 is 34.5 Å². The molecule has 0 aliphatic heterocycles. The fourth-order valence-corrected chi connectivity index (χ4v) is 3.39. The number of ether oxygens (including phenoxy) is 1. The highest BCUT2D eigenvalue weighted by Crippen LogP contribution is 2.27. The minimum absolute atomic E-state index is 0.315. The van der Waals surface area contributed by atoms with Gasteiger partial charge in [-0.3, -0.25) is 0 Å². The quantitative estimate of drug-likeness (QED) is 0.349. The Bertz CT molecular complexity index is 476. The van der Waals surface area contributed by atoms with E-state index in [0.29, 0.717) is 11.8 Å². The maximum atomic E-state index is 11.9. The Balaban J connectivity index is 2.88. The van der Waals surface area contributed by atoms with E-state index in [1.807, 2.05) is 26.8 Å². The van der Waals surface area contributed by atoms with Crippen LogP contribution in [0.4, 0.5) is 0 Å². The molecule has 0 aliphatic rings. The Morgan fingerprint density at radius 1 is 1.23 bits per heavy atom. The average Bonchev–Trinajstić information content (AvgIpc) is 2.80. The maximum absolute atomic E-state index is 11.9. The molecule has 0 bridgehead atoms. The summed E-state index contributed by atoms with van der Waals surface area (Å²) in [5.41, 5.74) is 1.90. The first-order valence-electron chi connectivity index (χ1n) is 7.49. The molecular formula is C17H24Cl2O2S. The molecule has 5 heteroatoms. The molecular weight excluding hydrogens is 339 g/mol. The summed E-state index contributed by atoms with van der Waals surface area (Å²) in [7, 11) is 0. The fourth-order valence-electron chi connectivity index (χ4n) is 2.01. The molecule has 124 valence electrons. The molecule has 0 unspecified atom stereocenters. The minimum atomic E-state index is -0.473. The van der Waals surface area contributed by atoms with Crippen LogP contribution in [0.5, 0.6) is 0 Å². The van der Waals surface area contributed by atoms with Gasteiger partial charge in [0, 0.05) is 22.7 Å². The van der Waals surface area contributed by atoms with E-state index in [2.05, 4.69) is 5.38 Å².